The number of hydrogen-bond donors (Lipinski definition) is 1. The Hall–Kier alpha value is -1.14. The molecule has 0 aliphatic rings. The van der Waals surface area contributed by atoms with Gasteiger partial charge < -0.3 is 4.42 Å². The summed E-state index contributed by atoms with van der Waals surface area (Å²) in [6.07, 6.45) is 16.5. The minimum atomic E-state index is -4.38. The van der Waals surface area contributed by atoms with Crippen molar-refractivity contribution in [3.05, 3.63) is 17.9 Å². The summed E-state index contributed by atoms with van der Waals surface area (Å²) >= 11 is 0. The average Bonchev–Trinajstić information content (AvgIpc) is 3.09. The molecule has 0 saturated heterocycles. The SMILES string of the molecule is CCCCCCCCCCCCCCCC(=O)c1ccc(S(=O)(=O)O)o1. The second kappa shape index (κ2) is 13.1. The molecule has 0 fully saturated rings. The topological polar surface area (TPSA) is 84.6 Å². The molecule has 5 nitrogen and oxygen atoms in total. The van der Waals surface area contributed by atoms with Gasteiger partial charge >= 0.3 is 10.1 Å². The lowest BCUT2D eigenvalue weighted by Crippen LogP contribution is -1.98. The number of rotatable bonds is 16. The molecule has 0 aliphatic carbocycles. The van der Waals surface area contributed by atoms with Crippen molar-refractivity contribution in [1.82, 2.24) is 0 Å². The Morgan fingerprint density at radius 3 is 1.73 bits per heavy atom. The zero-order chi connectivity index (χ0) is 19.3. The molecule has 1 rings (SSSR count). The highest BCUT2D eigenvalue weighted by atomic mass is 32.2. The van der Waals surface area contributed by atoms with Crippen LogP contribution >= 0.6 is 0 Å². The van der Waals surface area contributed by atoms with Crippen molar-refractivity contribution >= 4 is 15.9 Å². The maximum atomic E-state index is 11.9. The number of furan rings is 1. The summed E-state index contributed by atoms with van der Waals surface area (Å²) in [4.78, 5) is 11.9. The molecule has 150 valence electrons. The van der Waals surface area contributed by atoms with E-state index < -0.39 is 15.2 Å². The van der Waals surface area contributed by atoms with Crippen molar-refractivity contribution < 1.29 is 22.2 Å². The first-order chi connectivity index (χ1) is 12.4. The van der Waals surface area contributed by atoms with Gasteiger partial charge in [0.15, 0.2) is 11.5 Å². The summed E-state index contributed by atoms with van der Waals surface area (Å²) in [7, 11) is -4.38. The molecule has 1 aromatic heterocycles. The quantitative estimate of drug-likeness (QED) is 0.208. The van der Waals surface area contributed by atoms with Crippen molar-refractivity contribution in [3.63, 3.8) is 0 Å². The standard InChI is InChI=1S/C20H34O5S/c1-2-3-4-5-6-7-8-9-10-11-12-13-14-15-18(21)19-16-17-20(25-19)26(22,23)24/h16-17H,2-15H2,1H3,(H,22,23,24). The van der Waals surface area contributed by atoms with E-state index >= 15 is 0 Å². The third kappa shape index (κ3) is 10.1. The molecule has 1 aromatic rings. The van der Waals surface area contributed by atoms with Gasteiger partial charge in [0.25, 0.3) is 0 Å². The van der Waals surface area contributed by atoms with Crippen LogP contribution in [-0.2, 0) is 10.1 Å². The second-order valence-corrected chi connectivity index (χ2v) is 8.36. The maximum absolute atomic E-state index is 11.9. The van der Waals surface area contributed by atoms with Gasteiger partial charge in [0.1, 0.15) is 0 Å². The van der Waals surface area contributed by atoms with Gasteiger partial charge in [0.2, 0.25) is 5.09 Å². The van der Waals surface area contributed by atoms with E-state index in [1.807, 2.05) is 0 Å². The first-order valence-electron chi connectivity index (χ1n) is 10.1. The van der Waals surface area contributed by atoms with Gasteiger partial charge in [-0.1, -0.05) is 84.0 Å². The van der Waals surface area contributed by atoms with E-state index in [9.17, 15) is 13.2 Å². The molecule has 0 unspecified atom stereocenters. The largest absolute Gasteiger partial charge is 0.439 e. The lowest BCUT2D eigenvalue weighted by Gasteiger charge is -2.03. The number of carbonyl (C=O) groups is 1. The molecule has 1 heterocycles. The number of ketones is 1. The summed E-state index contributed by atoms with van der Waals surface area (Å²) in [6, 6.07) is 2.40. The summed E-state index contributed by atoms with van der Waals surface area (Å²) in [5, 5.41) is -0.578. The molecule has 0 radical (unpaired) electrons. The van der Waals surface area contributed by atoms with Crippen LogP contribution in [0.1, 0.15) is 107 Å². The van der Waals surface area contributed by atoms with Crippen LogP contribution in [0.25, 0.3) is 0 Å². The van der Waals surface area contributed by atoms with E-state index in [-0.39, 0.29) is 11.5 Å². The van der Waals surface area contributed by atoms with Crippen LogP contribution in [0.4, 0.5) is 0 Å². The first kappa shape index (κ1) is 22.9. The summed E-state index contributed by atoms with van der Waals surface area (Å²) in [5.41, 5.74) is 0. The molecule has 0 spiro atoms. The highest BCUT2D eigenvalue weighted by Gasteiger charge is 2.18. The van der Waals surface area contributed by atoms with E-state index in [0.29, 0.717) is 6.42 Å². The fraction of sp³-hybridized carbons (Fsp3) is 0.750. The zero-order valence-electron chi connectivity index (χ0n) is 16.0. The van der Waals surface area contributed by atoms with Crippen LogP contribution in [0.2, 0.25) is 0 Å². The Balaban J connectivity index is 1.97. The van der Waals surface area contributed by atoms with Gasteiger partial charge in [-0.05, 0) is 18.6 Å². The van der Waals surface area contributed by atoms with E-state index in [1.54, 1.807) is 0 Å². The maximum Gasteiger partial charge on any atom is 0.328 e. The predicted octanol–water partition coefficient (Wildman–Crippen LogP) is 6.19. The normalized spacial score (nSPS) is 11.8. The highest BCUT2D eigenvalue weighted by Crippen LogP contribution is 2.17. The van der Waals surface area contributed by atoms with Crippen LogP contribution in [0, 0.1) is 0 Å². The van der Waals surface area contributed by atoms with Gasteiger partial charge in [-0.3, -0.25) is 9.35 Å². The Labute approximate surface area is 158 Å². The Morgan fingerprint density at radius 2 is 1.31 bits per heavy atom. The fourth-order valence-corrected chi connectivity index (χ4v) is 3.47. The van der Waals surface area contributed by atoms with Gasteiger partial charge in [-0.15, -0.1) is 0 Å². The summed E-state index contributed by atoms with van der Waals surface area (Å²) in [5.74, 6) is -0.223. The molecule has 26 heavy (non-hydrogen) atoms. The summed E-state index contributed by atoms with van der Waals surface area (Å²) in [6.45, 7) is 2.24. The van der Waals surface area contributed by atoms with Crippen molar-refractivity contribution in [1.29, 1.82) is 0 Å². The van der Waals surface area contributed by atoms with Gasteiger partial charge in [0.05, 0.1) is 0 Å². The van der Waals surface area contributed by atoms with Gasteiger partial charge in [-0.2, -0.15) is 8.42 Å². The minimum absolute atomic E-state index is 0.00318. The Kier molecular flexibility index (Phi) is 11.5. The molecule has 6 heteroatoms. The molecular weight excluding hydrogens is 352 g/mol. The van der Waals surface area contributed by atoms with Crippen LogP contribution < -0.4 is 0 Å². The van der Waals surface area contributed by atoms with Crippen molar-refractivity contribution in [2.75, 3.05) is 0 Å². The fourth-order valence-electron chi connectivity index (χ4n) is 3.04. The number of carbonyl (C=O) groups excluding carboxylic acids is 1. The van der Waals surface area contributed by atoms with Crippen LogP contribution in [0.5, 0.6) is 0 Å². The Morgan fingerprint density at radius 1 is 0.846 bits per heavy atom. The lowest BCUT2D eigenvalue weighted by molar-refractivity contribution is 0.0946. The van der Waals surface area contributed by atoms with Crippen molar-refractivity contribution in [2.45, 2.75) is 102 Å². The zero-order valence-corrected chi connectivity index (χ0v) is 16.9. The Bertz CT molecular complexity index is 603. The number of unbranched alkanes of at least 4 members (excludes halogenated alkanes) is 12. The smallest absolute Gasteiger partial charge is 0.328 e. The molecule has 0 bridgehead atoms. The third-order valence-electron chi connectivity index (χ3n) is 4.62. The number of hydrogen-bond acceptors (Lipinski definition) is 4. The molecule has 0 atom stereocenters. The molecular formula is C20H34O5S. The van der Waals surface area contributed by atoms with Gasteiger partial charge in [0, 0.05) is 6.42 Å². The lowest BCUT2D eigenvalue weighted by atomic mass is 10.0. The molecule has 0 amide bonds. The van der Waals surface area contributed by atoms with Crippen molar-refractivity contribution in [3.8, 4) is 0 Å². The highest BCUT2D eigenvalue weighted by molar-refractivity contribution is 7.85. The monoisotopic (exact) mass is 386 g/mol. The van der Waals surface area contributed by atoms with E-state index in [1.165, 1.54) is 70.3 Å². The predicted molar refractivity (Wildman–Crippen MR) is 103 cm³/mol. The van der Waals surface area contributed by atoms with Crippen LogP contribution in [-0.4, -0.2) is 18.8 Å². The van der Waals surface area contributed by atoms with Crippen LogP contribution in [0.3, 0.4) is 0 Å². The molecule has 0 aliphatic heterocycles. The molecule has 1 N–H and O–H groups in total. The molecule has 0 saturated carbocycles. The van der Waals surface area contributed by atoms with E-state index in [2.05, 4.69) is 6.92 Å². The summed E-state index contributed by atoms with van der Waals surface area (Å²) < 4.78 is 35.5. The van der Waals surface area contributed by atoms with Crippen molar-refractivity contribution in [2.24, 2.45) is 0 Å². The van der Waals surface area contributed by atoms with Crippen LogP contribution in [0.15, 0.2) is 21.6 Å². The van der Waals surface area contributed by atoms with Gasteiger partial charge in [-0.25, -0.2) is 0 Å². The minimum Gasteiger partial charge on any atom is -0.439 e. The molecule has 0 aromatic carbocycles. The van der Waals surface area contributed by atoms with E-state index in [0.717, 1.165) is 25.3 Å². The first-order valence-corrected chi connectivity index (χ1v) is 11.5. The second-order valence-electron chi connectivity index (χ2n) is 7.01. The average molecular weight is 387 g/mol. The number of Topliss-reactive ketones (excluding diaryl/α,β-unsaturated/α-hetero) is 1. The third-order valence-corrected chi connectivity index (χ3v) is 5.35. The van der Waals surface area contributed by atoms with E-state index in [4.69, 9.17) is 8.97 Å².